The van der Waals surface area contributed by atoms with E-state index in [1.165, 1.54) is 0 Å². The summed E-state index contributed by atoms with van der Waals surface area (Å²) in [6.07, 6.45) is 1.17. The first-order valence-electron chi connectivity index (χ1n) is 9.51. The third-order valence-electron chi connectivity index (χ3n) is 4.69. The number of amides is 4. The van der Waals surface area contributed by atoms with Crippen molar-refractivity contribution in [3.63, 3.8) is 0 Å². The maximum Gasteiger partial charge on any atom is 0.325 e. The summed E-state index contributed by atoms with van der Waals surface area (Å²) in [6, 6.07) is 6.40. The number of carbonyl (C=O) groups excluding carboxylic acids is 3. The fourth-order valence-electron chi connectivity index (χ4n) is 3.10. The maximum absolute atomic E-state index is 13.0. The topological polar surface area (TPSA) is 97.0 Å². The molecule has 8 heteroatoms. The average Bonchev–Trinajstić information content (AvgIpc) is 2.92. The van der Waals surface area contributed by atoms with Crippen molar-refractivity contribution in [1.82, 2.24) is 15.5 Å². The van der Waals surface area contributed by atoms with Crippen molar-refractivity contribution < 1.29 is 23.9 Å². The SMILES string of the molecule is CC[C@@]1(c2ccc(OC)cc2)NC(=O)N(CC(=O)NCCCOC(C)C)C1=O. The van der Waals surface area contributed by atoms with E-state index < -0.39 is 17.5 Å². The summed E-state index contributed by atoms with van der Waals surface area (Å²) in [4.78, 5) is 38.6. The van der Waals surface area contributed by atoms with Gasteiger partial charge in [0.2, 0.25) is 5.91 Å². The molecule has 1 atom stereocenters. The first kappa shape index (κ1) is 21.7. The van der Waals surface area contributed by atoms with Gasteiger partial charge in [0, 0.05) is 13.2 Å². The lowest BCUT2D eigenvalue weighted by atomic mass is 9.87. The van der Waals surface area contributed by atoms with Crippen molar-refractivity contribution in [1.29, 1.82) is 0 Å². The Balaban J connectivity index is 2.00. The molecule has 1 aromatic rings. The van der Waals surface area contributed by atoms with Crippen LogP contribution in [0.1, 0.15) is 39.2 Å². The molecule has 1 saturated heterocycles. The second-order valence-corrected chi connectivity index (χ2v) is 6.93. The fourth-order valence-corrected chi connectivity index (χ4v) is 3.10. The Morgan fingerprint density at radius 3 is 2.50 bits per heavy atom. The van der Waals surface area contributed by atoms with Crippen LogP contribution in [-0.2, 0) is 19.9 Å². The van der Waals surface area contributed by atoms with Crippen molar-refractivity contribution in [3.05, 3.63) is 29.8 Å². The van der Waals surface area contributed by atoms with Crippen molar-refractivity contribution in [3.8, 4) is 5.75 Å². The molecule has 1 fully saturated rings. The van der Waals surface area contributed by atoms with E-state index in [0.717, 1.165) is 4.90 Å². The predicted octanol–water partition coefficient (Wildman–Crippen LogP) is 1.78. The van der Waals surface area contributed by atoms with Crippen LogP contribution in [0.2, 0.25) is 0 Å². The molecule has 2 N–H and O–H groups in total. The maximum atomic E-state index is 13.0. The molecular formula is C20H29N3O5. The van der Waals surface area contributed by atoms with Gasteiger partial charge in [-0.15, -0.1) is 0 Å². The molecule has 1 aliphatic heterocycles. The molecule has 0 spiro atoms. The van der Waals surface area contributed by atoms with E-state index >= 15 is 0 Å². The van der Waals surface area contributed by atoms with Crippen LogP contribution in [-0.4, -0.2) is 55.7 Å². The van der Waals surface area contributed by atoms with Crippen molar-refractivity contribution in [2.45, 2.75) is 45.3 Å². The summed E-state index contributed by atoms with van der Waals surface area (Å²) in [6.45, 7) is 6.36. The van der Waals surface area contributed by atoms with Gasteiger partial charge in [0.1, 0.15) is 17.8 Å². The molecule has 28 heavy (non-hydrogen) atoms. The second-order valence-electron chi connectivity index (χ2n) is 6.93. The van der Waals surface area contributed by atoms with Crippen molar-refractivity contribution in [2.24, 2.45) is 0 Å². The first-order valence-corrected chi connectivity index (χ1v) is 9.51. The van der Waals surface area contributed by atoms with Crippen LogP contribution in [0.25, 0.3) is 0 Å². The largest absolute Gasteiger partial charge is 0.497 e. The number of carbonyl (C=O) groups is 3. The highest BCUT2D eigenvalue weighted by Gasteiger charge is 2.51. The van der Waals surface area contributed by atoms with E-state index in [1.807, 2.05) is 20.8 Å². The quantitative estimate of drug-likeness (QED) is 0.468. The normalized spacial score (nSPS) is 19.1. The Morgan fingerprint density at radius 2 is 1.93 bits per heavy atom. The zero-order chi connectivity index (χ0) is 20.7. The molecular weight excluding hydrogens is 362 g/mol. The Kier molecular flexibility index (Phi) is 7.39. The molecule has 154 valence electrons. The third-order valence-corrected chi connectivity index (χ3v) is 4.69. The van der Waals surface area contributed by atoms with Gasteiger partial charge < -0.3 is 20.1 Å². The van der Waals surface area contributed by atoms with E-state index in [1.54, 1.807) is 31.4 Å². The Hall–Kier alpha value is -2.61. The van der Waals surface area contributed by atoms with Crippen LogP contribution in [0, 0.1) is 0 Å². The molecule has 1 aromatic carbocycles. The van der Waals surface area contributed by atoms with Crippen LogP contribution in [0.15, 0.2) is 24.3 Å². The predicted molar refractivity (Wildman–Crippen MR) is 104 cm³/mol. The van der Waals surface area contributed by atoms with Crippen LogP contribution >= 0.6 is 0 Å². The van der Waals surface area contributed by atoms with Crippen LogP contribution < -0.4 is 15.4 Å². The summed E-state index contributed by atoms with van der Waals surface area (Å²) in [7, 11) is 1.56. The smallest absolute Gasteiger partial charge is 0.325 e. The van der Waals surface area contributed by atoms with Crippen LogP contribution in [0.5, 0.6) is 5.75 Å². The highest BCUT2D eigenvalue weighted by atomic mass is 16.5. The summed E-state index contributed by atoms with van der Waals surface area (Å²) in [5.74, 6) is -0.150. The van der Waals surface area contributed by atoms with Gasteiger partial charge in [-0.05, 0) is 44.4 Å². The summed E-state index contributed by atoms with van der Waals surface area (Å²) < 4.78 is 10.6. The lowest BCUT2D eigenvalue weighted by Crippen LogP contribution is -2.45. The summed E-state index contributed by atoms with van der Waals surface area (Å²) in [5, 5.41) is 5.48. The highest BCUT2D eigenvalue weighted by Crippen LogP contribution is 2.33. The number of hydrogen-bond donors (Lipinski definition) is 2. The number of methoxy groups -OCH3 is 1. The number of benzene rings is 1. The van der Waals surface area contributed by atoms with Gasteiger partial charge in [0.15, 0.2) is 0 Å². The van der Waals surface area contributed by atoms with E-state index in [-0.39, 0.29) is 18.6 Å². The number of nitrogens with zero attached hydrogens (tertiary/aromatic N) is 1. The number of imide groups is 1. The van der Waals surface area contributed by atoms with E-state index in [2.05, 4.69) is 10.6 Å². The van der Waals surface area contributed by atoms with Gasteiger partial charge in [-0.2, -0.15) is 0 Å². The number of rotatable bonds is 10. The molecule has 0 saturated carbocycles. The molecule has 1 aliphatic rings. The number of ether oxygens (including phenoxy) is 2. The average molecular weight is 391 g/mol. The van der Waals surface area contributed by atoms with Crippen LogP contribution in [0.3, 0.4) is 0 Å². The van der Waals surface area contributed by atoms with E-state index in [4.69, 9.17) is 9.47 Å². The van der Waals surface area contributed by atoms with Gasteiger partial charge in [-0.1, -0.05) is 19.1 Å². The zero-order valence-electron chi connectivity index (χ0n) is 16.9. The van der Waals surface area contributed by atoms with Crippen LogP contribution in [0.4, 0.5) is 4.79 Å². The minimum absolute atomic E-state index is 0.141. The minimum atomic E-state index is -1.17. The number of hydrogen-bond acceptors (Lipinski definition) is 5. The molecule has 4 amide bonds. The monoisotopic (exact) mass is 391 g/mol. The van der Waals surface area contributed by atoms with E-state index in [0.29, 0.717) is 37.3 Å². The zero-order valence-corrected chi connectivity index (χ0v) is 16.9. The second kappa shape index (κ2) is 9.54. The highest BCUT2D eigenvalue weighted by molar-refractivity contribution is 6.09. The Morgan fingerprint density at radius 1 is 1.25 bits per heavy atom. The standard InChI is InChI=1S/C20H29N3O5/c1-5-20(15-7-9-16(27-4)10-8-15)18(25)23(19(26)22-20)13-17(24)21-11-6-12-28-14(2)3/h7-10,14H,5-6,11-13H2,1-4H3,(H,21,24)(H,22,26)/t20-/m0/s1. The molecule has 0 unspecified atom stereocenters. The fraction of sp³-hybridized carbons (Fsp3) is 0.550. The Labute approximate surface area is 165 Å². The van der Waals surface area contributed by atoms with Gasteiger partial charge >= 0.3 is 6.03 Å². The molecule has 0 aliphatic carbocycles. The third kappa shape index (κ3) is 4.81. The molecule has 8 nitrogen and oxygen atoms in total. The molecule has 0 bridgehead atoms. The van der Waals surface area contributed by atoms with E-state index in [9.17, 15) is 14.4 Å². The first-order chi connectivity index (χ1) is 13.3. The molecule has 0 radical (unpaired) electrons. The van der Waals surface area contributed by atoms with Crippen molar-refractivity contribution in [2.75, 3.05) is 26.8 Å². The van der Waals surface area contributed by atoms with Crippen molar-refractivity contribution >= 4 is 17.8 Å². The summed E-state index contributed by atoms with van der Waals surface area (Å²) >= 11 is 0. The number of nitrogens with one attached hydrogen (secondary N) is 2. The van der Waals surface area contributed by atoms with Gasteiger partial charge in [-0.25, -0.2) is 4.79 Å². The Bertz CT molecular complexity index is 704. The van der Waals surface area contributed by atoms with Gasteiger partial charge in [0.25, 0.3) is 5.91 Å². The minimum Gasteiger partial charge on any atom is -0.497 e. The molecule has 0 aromatic heterocycles. The lowest BCUT2D eigenvalue weighted by molar-refractivity contribution is -0.135. The summed E-state index contributed by atoms with van der Waals surface area (Å²) in [5.41, 5.74) is -0.516. The molecule has 2 rings (SSSR count). The lowest BCUT2D eigenvalue weighted by Gasteiger charge is -2.26. The molecule has 1 heterocycles. The van der Waals surface area contributed by atoms with Gasteiger partial charge in [-0.3, -0.25) is 14.5 Å². The number of urea groups is 1. The van der Waals surface area contributed by atoms with Gasteiger partial charge in [0.05, 0.1) is 13.2 Å².